The second kappa shape index (κ2) is 8.43. The summed E-state index contributed by atoms with van der Waals surface area (Å²) < 4.78 is 32.4. The summed E-state index contributed by atoms with van der Waals surface area (Å²) >= 11 is 1.12. The van der Waals surface area contributed by atoms with Crippen LogP contribution in [0.15, 0.2) is 86.8 Å². The van der Waals surface area contributed by atoms with Crippen LogP contribution < -0.4 is 5.32 Å². The van der Waals surface area contributed by atoms with Crippen molar-refractivity contribution in [3.8, 4) is 0 Å². The summed E-state index contributed by atoms with van der Waals surface area (Å²) in [6, 6.07) is 21.6. The van der Waals surface area contributed by atoms with Crippen LogP contribution in [0.3, 0.4) is 0 Å². The number of hydrogen-bond donors (Lipinski definition) is 1. The van der Waals surface area contributed by atoms with Crippen LogP contribution >= 0.6 is 11.3 Å². The maximum Gasteiger partial charge on any atom is 0.252 e. The average Bonchev–Trinajstić information content (AvgIpc) is 3.42. The first-order valence-corrected chi connectivity index (χ1v) is 11.6. The molecular weight excluding hydrogens is 420 g/mol. The number of furan rings is 1. The van der Waals surface area contributed by atoms with E-state index in [1.54, 1.807) is 11.4 Å². The zero-order valence-electron chi connectivity index (χ0n) is 16.2. The Morgan fingerprint density at radius 1 is 1.07 bits per heavy atom. The lowest BCUT2D eigenvalue weighted by Gasteiger charge is -2.20. The molecule has 8 heteroatoms. The highest BCUT2D eigenvalue weighted by molar-refractivity contribution is 7.91. The van der Waals surface area contributed by atoms with Crippen molar-refractivity contribution in [3.63, 3.8) is 0 Å². The first-order valence-electron chi connectivity index (χ1n) is 9.28. The summed E-state index contributed by atoms with van der Waals surface area (Å²) in [5.74, 6) is 0.159. The number of nitrogens with one attached hydrogen (secondary N) is 1. The van der Waals surface area contributed by atoms with Crippen LogP contribution in [0, 0.1) is 0 Å². The van der Waals surface area contributed by atoms with Gasteiger partial charge in [0, 0.05) is 12.4 Å². The van der Waals surface area contributed by atoms with Crippen LogP contribution in [-0.4, -0.2) is 32.2 Å². The molecule has 1 atom stereocenters. The van der Waals surface area contributed by atoms with E-state index >= 15 is 0 Å². The SMILES string of the molecule is CN(CC(=O)NC(c1ccccc1)c1cc2ccccc2o1)S(=O)(=O)c1cccs1. The second-order valence-corrected chi connectivity index (χ2v) is 10.0. The zero-order chi connectivity index (χ0) is 21.1. The highest BCUT2D eigenvalue weighted by atomic mass is 32.2. The van der Waals surface area contributed by atoms with E-state index < -0.39 is 22.0 Å². The predicted molar refractivity (Wildman–Crippen MR) is 117 cm³/mol. The molecule has 0 bridgehead atoms. The number of nitrogens with zero attached hydrogens (tertiary/aromatic N) is 1. The molecule has 1 N–H and O–H groups in total. The maximum atomic E-state index is 12.8. The number of para-hydroxylation sites is 1. The minimum absolute atomic E-state index is 0.203. The number of carbonyl (C=O) groups is 1. The molecule has 154 valence electrons. The fourth-order valence-corrected chi connectivity index (χ4v) is 5.49. The lowest BCUT2D eigenvalue weighted by Crippen LogP contribution is -2.39. The van der Waals surface area contributed by atoms with Crippen molar-refractivity contribution in [2.45, 2.75) is 10.3 Å². The van der Waals surface area contributed by atoms with Gasteiger partial charge in [0.1, 0.15) is 21.6 Å². The third-order valence-corrected chi connectivity index (χ3v) is 7.87. The van der Waals surface area contributed by atoms with E-state index in [1.165, 1.54) is 13.1 Å². The average molecular weight is 441 g/mol. The molecule has 0 radical (unpaired) electrons. The van der Waals surface area contributed by atoms with Gasteiger partial charge in [-0.15, -0.1) is 11.3 Å². The summed E-state index contributed by atoms with van der Waals surface area (Å²) in [7, 11) is -2.31. The van der Waals surface area contributed by atoms with Crippen LogP contribution in [0.1, 0.15) is 17.4 Å². The quantitative estimate of drug-likeness (QED) is 0.471. The predicted octanol–water partition coefficient (Wildman–Crippen LogP) is 4.02. The van der Waals surface area contributed by atoms with Gasteiger partial charge in [-0.3, -0.25) is 4.79 Å². The molecule has 4 aromatic rings. The van der Waals surface area contributed by atoms with Gasteiger partial charge in [-0.05, 0) is 29.1 Å². The molecule has 0 spiro atoms. The van der Waals surface area contributed by atoms with Gasteiger partial charge in [0.25, 0.3) is 10.0 Å². The minimum Gasteiger partial charge on any atom is -0.459 e. The Labute approximate surface area is 178 Å². The Morgan fingerprint density at radius 2 is 1.80 bits per heavy atom. The van der Waals surface area contributed by atoms with Crippen molar-refractivity contribution < 1.29 is 17.6 Å². The van der Waals surface area contributed by atoms with Gasteiger partial charge in [0.15, 0.2) is 0 Å². The Kier molecular flexibility index (Phi) is 5.72. The molecule has 0 aliphatic rings. The summed E-state index contributed by atoms with van der Waals surface area (Å²) in [5.41, 5.74) is 1.56. The number of thiophene rings is 1. The molecule has 0 fully saturated rings. The standard InChI is InChI=1S/C22H20N2O4S2/c1-24(30(26,27)21-12-7-13-29-21)15-20(25)23-22(16-8-3-2-4-9-16)19-14-17-10-5-6-11-18(17)28-19/h2-14,22H,15H2,1H3,(H,23,25). The van der Waals surface area contributed by atoms with Crippen LogP contribution in [0.4, 0.5) is 0 Å². The van der Waals surface area contributed by atoms with E-state index in [0.29, 0.717) is 5.76 Å². The molecular formula is C22H20N2O4S2. The van der Waals surface area contributed by atoms with Gasteiger partial charge in [0.05, 0.1) is 6.54 Å². The Bertz CT molecular complexity index is 1220. The van der Waals surface area contributed by atoms with E-state index in [1.807, 2.05) is 60.7 Å². The van der Waals surface area contributed by atoms with E-state index in [2.05, 4.69) is 5.32 Å². The van der Waals surface area contributed by atoms with Crippen molar-refractivity contribution in [1.29, 1.82) is 0 Å². The largest absolute Gasteiger partial charge is 0.459 e. The number of rotatable bonds is 7. The molecule has 1 amide bonds. The first kappa shape index (κ1) is 20.3. The van der Waals surface area contributed by atoms with Gasteiger partial charge in [-0.25, -0.2) is 8.42 Å². The number of fused-ring (bicyclic) bond motifs is 1. The van der Waals surface area contributed by atoms with Crippen LogP contribution in [0.5, 0.6) is 0 Å². The molecule has 2 aromatic heterocycles. The Morgan fingerprint density at radius 3 is 2.50 bits per heavy atom. The zero-order valence-corrected chi connectivity index (χ0v) is 17.8. The van der Waals surface area contributed by atoms with Crippen molar-refractivity contribution in [3.05, 3.63) is 89.5 Å². The fourth-order valence-electron chi connectivity index (χ4n) is 3.17. The number of hydrogen-bond acceptors (Lipinski definition) is 5. The van der Waals surface area contributed by atoms with E-state index in [9.17, 15) is 13.2 Å². The van der Waals surface area contributed by atoms with Crippen LogP contribution in [0.25, 0.3) is 11.0 Å². The Balaban J connectivity index is 1.58. The second-order valence-electron chi connectivity index (χ2n) is 6.79. The monoisotopic (exact) mass is 440 g/mol. The topological polar surface area (TPSA) is 79.6 Å². The van der Waals surface area contributed by atoms with E-state index in [0.717, 1.165) is 32.2 Å². The van der Waals surface area contributed by atoms with E-state index in [4.69, 9.17) is 4.42 Å². The van der Waals surface area contributed by atoms with E-state index in [-0.39, 0.29) is 10.8 Å². The van der Waals surface area contributed by atoms with Gasteiger partial charge in [0.2, 0.25) is 5.91 Å². The highest BCUT2D eigenvalue weighted by Crippen LogP contribution is 2.28. The minimum atomic E-state index is -3.71. The number of likely N-dealkylation sites (N-methyl/N-ethyl adjacent to an activating group) is 1. The first-order chi connectivity index (χ1) is 14.4. The normalized spacial score (nSPS) is 12.9. The van der Waals surface area contributed by atoms with Crippen molar-refractivity contribution in [1.82, 2.24) is 9.62 Å². The van der Waals surface area contributed by atoms with Crippen LogP contribution in [0.2, 0.25) is 0 Å². The molecule has 0 saturated carbocycles. The van der Waals surface area contributed by atoms with Crippen molar-refractivity contribution in [2.24, 2.45) is 0 Å². The molecule has 4 rings (SSSR count). The van der Waals surface area contributed by atoms with Crippen LogP contribution in [-0.2, 0) is 14.8 Å². The number of amides is 1. The molecule has 1 unspecified atom stereocenters. The van der Waals surface area contributed by atoms with Crippen molar-refractivity contribution >= 4 is 38.2 Å². The number of benzene rings is 2. The highest BCUT2D eigenvalue weighted by Gasteiger charge is 2.26. The summed E-state index contributed by atoms with van der Waals surface area (Å²) in [4.78, 5) is 12.8. The summed E-state index contributed by atoms with van der Waals surface area (Å²) in [6.45, 7) is -0.302. The molecule has 30 heavy (non-hydrogen) atoms. The summed E-state index contributed by atoms with van der Waals surface area (Å²) in [6.07, 6.45) is 0. The van der Waals surface area contributed by atoms with Gasteiger partial charge in [-0.2, -0.15) is 4.31 Å². The number of sulfonamides is 1. The van der Waals surface area contributed by atoms with Crippen molar-refractivity contribution in [2.75, 3.05) is 13.6 Å². The third kappa shape index (κ3) is 4.16. The van der Waals surface area contributed by atoms with Gasteiger partial charge < -0.3 is 9.73 Å². The summed E-state index contributed by atoms with van der Waals surface area (Å²) in [5, 5.41) is 5.54. The lowest BCUT2D eigenvalue weighted by molar-refractivity contribution is -0.121. The molecule has 6 nitrogen and oxygen atoms in total. The lowest BCUT2D eigenvalue weighted by atomic mass is 10.0. The fraction of sp³-hybridized carbons (Fsp3) is 0.136. The maximum absolute atomic E-state index is 12.8. The van der Waals surface area contributed by atoms with Gasteiger partial charge >= 0.3 is 0 Å². The van der Waals surface area contributed by atoms with Gasteiger partial charge in [-0.1, -0.05) is 54.6 Å². The molecule has 0 saturated heterocycles. The number of carbonyl (C=O) groups excluding carboxylic acids is 1. The molecule has 2 aromatic carbocycles. The molecule has 0 aliphatic carbocycles. The molecule has 2 heterocycles. The smallest absolute Gasteiger partial charge is 0.252 e. The molecule has 0 aliphatic heterocycles. The third-order valence-electron chi connectivity index (χ3n) is 4.69. The Hall–Kier alpha value is -2.94.